The first-order valence-corrected chi connectivity index (χ1v) is 20.7. The smallest absolute Gasteiger partial charge is 0.326 e. The predicted octanol–water partition coefficient (Wildman–Crippen LogP) is 9.08. The molecule has 0 saturated carbocycles. The van der Waals surface area contributed by atoms with Crippen molar-refractivity contribution in [2.75, 3.05) is 6.61 Å². The van der Waals surface area contributed by atoms with Gasteiger partial charge in [-0.2, -0.15) is 0 Å². The summed E-state index contributed by atoms with van der Waals surface area (Å²) in [5.74, 6) is 1.73. The SMILES string of the molecule is Cc1nccc(Oc2ccc(C[C@H](NC(=O)[C@@H]3Cc4cc5c(cc4CN3Cc3nccs3)O[C@@H](c3ccc(OCc4ccc(Cl)c(Cl)c4)cc3)CO5)C(=O)O)cc2)c1C. The van der Waals surface area contributed by atoms with Gasteiger partial charge in [0.2, 0.25) is 5.91 Å². The zero-order valence-electron chi connectivity index (χ0n) is 32.2. The third-order valence-corrected chi connectivity index (χ3v) is 12.0. The molecule has 14 heteroatoms. The average Bonchev–Trinajstić information content (AvgIpc) is 3.75. The lowest BCUT2D eigenvalue weighted by Crippen LogP contribution is -2.54. The Morgan fingerprint density at radius 1 is 0.915 bits per heavy atom. The number of pyridine rings is 1. The number of thiazole rings is 1. The van der Waals surface area contributed by atoms with Crippen molar-refractivity contribution in [3.05, 3.63) is 157 Å². The van der Waals surface area contributed by atoms with Crippen LogP contribution in [0.3, 0.4) is 0 Å². The Bertz CT molecular complexity index is 2470. The van der Waals surface area contributed by atoms with Gasteiger partial charge in [-0.15, -0.1) is 11.3 Å². The topological polar surface area (TPSA) is 132 Å². The molecule has 2 aliphatic rings. The monoisotopic (exact) mass is 850 g/mol. The number of benzene rings is 4. The van der Waals surface area contributed by atoms with Crippen molar-refractivity contribution < 1.29 is 33.6 Å². The molecule has 4 heterocycles. The summed E-state index contributed by atoms with van der Waals surface area (Å²) >= 11 is 13.7. The van der Waals surface area contributed by atoms with Gasteiger partial charge in [0.05, 0.1) is 22.6 Å². The molecule has 2 aliphatic heterocycles. The number of carboxylic acid groups (broad SMARTS) is 1. The minimum atomic E-state index is -1.15. The van der Waals surface area contributed by atoms with Crippen molar-refractivity contribution in [2.24, 2.45) is 0 Å². The number of aryl methyl sites for hydroxylation is 1. The number of hydrogen-bond acceptors (Lipinski definition) is 10. The Morgan fingerprint density at radius 2 is 1.68 bits per heavy atom. The minimum Gasteiger partial charge on any atom is -0.489 e. The number of aliphatic carboxylic acids is 1. The van der Waals surface area contributed by atoms with Gasteiger partial charge in [0.25, 0.3) is 0 Å². The number of nitrogens with zero attached hydrogens (tertiary/aromatic N) is 3. The zero-order valence-corrected chi connectivity index (χ0v) is 34.5. The van der Waals surface area contributed by atoms with Crippen molar-refractivity contribution in [3.63, 3.8) is 0 Å². The first-order valence-electron chi connectivity index (χ1n) is 19.0. The summed E-state index contributed by atoms with van der Waals surface area (Å²) in [4.78, 5) is 37.4. The van der Waals surface area contributed by atoms with E-state index in [-0.39, 0.29) is 18.4 Å². The second-order valence-electron chi connectivity index (χ2n) is 14.5. The van der Waals surface area contributed by atoms with Gasteiger partial charge in [-0.1, -0.05) is 53.5 Å². The number of hydrogen-bond donors (Lipinski definition) is 2. The highest BCUT2D eigenvalue weighted by molar-refractivity contribution is 7.09. The molecule has 0 radical (unpaired) electrons. The standard InChI is InChI=1S/C45H40Cl2N4O7S/c1-26-27(2)48-14-13-39(26)57-34-8-3-28(4-9-34)18-37(45(53)54)50-44(52)38-19-31-20-40-41(21-32(31)22-51(38)23-43-49-15-16-59-43)58-42(25-56-40)30-6-10-33(11-7-30)55-24-29-5-12-35(46)36(47)17-29/h3-17,20-21,37-38,42H,18-19,22-25H2,1-2H3,(H,50,52)(H,53,54)/t37-,38-,42+/m0/s1. The molecule has 8 rings (SSSR count). The molecule has 0 saturated heterocycles. The lowest BCUT2D eigenvalue weighted by molar-refractivity contribution is -0.142. The van der Waals surface area contributed by atoms with Crippen LogP contribution in [0, 0.1) is 13.8 Å². The second-order valence-corrected chi connectivity index (χ2v) is 16.3. The molecule has 0 spiro atoms. The maximum Gasteiger partial charge on any atom is 0.326 e. The fraction of sp³-hybridized carbons (Fsp3) is 0.244. The molecule has 0 fully saturated rings. The van der Waals surface area contributed by atoms with Gasteiger partial charge < -0.3 is 29.4 Å². The lowest BCUT2D eigenvalue weighted by atomic mass is 9.92. The van der Waals surface area contributed by atoms with Crippen molar-refractivity contribution >= 4 is 46.4 Å². The van der Waals surface area contributed by atoms with Crippen molar-refractivity contribution in [2.45, 2.75) is 64.6 Å². The molecule has 1 amide bonds. The number of amides is 1. The van der Waals surface area contributed by atoms with Gasteiger partial charge in [0, 0.05) is 42.0 Å². The van der Waals surface area contributed by atoms with Crippen LogP contribution < -0.4 is 24.3 Å². The number of carboxylic acids is 1. The fourth-order valence-corrected chi connectivity index (χ4v) is 8.09. The van der Waals surface area contributed by atoms with Gasteiger partial charge >= 0.3 is 5.97 Å². The Morgan fingerprint density at radius 3 is 2.42 bits per heavy atom. The van der Waals surface area contributed by atoms with E-state index in [0.717, 1.165) is 44.1 Å². The van der Waals surface area contributed by atoms with Crippen LogP contribution in [0.25, 0.3) is 0 Å². The van der Waals surface area contributed by atoms with E-state index in [4.69, 9.17) is 42.1 Å². The van der Waals surface area contributed by atoms with Crippen LogP contribution in [0.15, 0.2) is 103 Å². The van der Waals surface area contributed by atoms with Crippen LogP contribution in [0.2, 0.25) is 10.0 Å². The van der Waals surface area contributed by atoms with Crippen LogP contribution in [-0.2, 0) is 42.1 Å². The summed E-state index contributed by atoms with van der Waals surface area (Å²) < 4.78 is 24.8. The maximum atomic E-state index is 14.1. The number of halogens is 2. The summed E-state index contributed by atoms with van der Waals surface area (Å²) in [5, 5.41) is 16.8. The Labute approximate surface area is 355 Å². The molecule has 11 nitrogen and oxygen atoms in total. The van der Waals surface area contributed by atoms with Gasteiger partial charge in [-0.25, -0.2) is 9.78 Å². The largest absolute Gasteiger partial charge is 0.489 e. The number of fused-ring (bicyclic) bond motifs is 2. The highest BCUT2D eigenvalue weighted by atomic mass is 35.5. The molecule has 0 unspecified atom stereocenters. The molecule has 2 N–H and O–H groups in total. The minimum absolute atomic E-state index is 0.0961. The Kier molecular flexibility index (Phi) is 12.0. The van der Waals surface area contributed by atoms with Gasteiger partial charge in [0.1, 0.15) is 41.5 Å². The van der Waals surface area contributed by atoms with Gasteiger partial charge in [0.15, 0.2) is 17.6 Å². The maximum absolute atomic E-state index is 14.1. The third kappa shape index (κ3) is 9.47. The molecule has 6 aromatic rings. The third-order valence-electron chi connectivity index (χ3n) is 10.5. The average molecular weight is 852 g/mol. The number of aromatic nitrogens is 2. The Hall–Kier alpha value is -5.66. The fourth-order valence-electron chi connectivity index (χ4n) is 7.13. The molecule has 59 heavy (non-hydrogen) atoms. The van der Waals surface area contributed by atoms with Crippen molar-refractivity contribution in [1.82, 2.24) is 20.2 Å². The van der Waals surface area contributed by atoms with Crippen LogP contribution >= 0.6 is 34.5 Å². The number of rotatable bonds is 13. The molecular weight excluding hydrogens is 811 g/mol. The van der Waals surface area contributed by atoms with E-state index >= 15 is 0 Å². The van der Waals surface area contributed by atoms with Gasteiger partial charge in [-0.05, 0) is 103 Å². The molecule has 3 atom stereocenters. The van der Waals surface area contributed by atoms with E-state index in [0.29, 0.717) is 71.5 Å². The quantitative estimate of drug-likeness (QED) is 0.116. The van der Waals surface area contributed by atoms with E-state index in [2.05, 4.69) is 15.3 Å². The normalized spacial score (nSPS) is 16.5. The summed E-state index contributed by atoms with van der Waals surface area (Å²) in [6, 6.07) is 24.3. The van der Waals surface area contributed by atoms with Crippen LogP contribution in [-0.4, -0.2) is 50.5 Å². The number of carbonyl (C=O) groups excluding carboxylic acids is 1. The van der Waals surface area contributed by atoms with E-state index in [1.165, 1.54) is 11.3 Å². The van der Waals surface area contributed by atoms with Crippen LogP contribution in [0.4, 0.5) is 0 Å². The zero-order chi connectivity index (χ0) is 41.0. The summed E-state index contributed by atoms with van der Waals surface area (Å²) in [7, 11) is 0. The van der Waals surface area contributed by atoms with E-state index in [1.807, 2.05) is 78.7 Å². The van der Waals surface area contributed by atoms with E-state index < -0.39 is 18.1 Å². The summed E-state index contributed by atoms with van der Waals surface area (Å²) in [6.07, 6.45) is 3.53. The highest BCUT2D eigenvalue weighted by Gasteiger charge is 2.36. The van der Waals surface area contributed by atoms with Crippen LogP contribution in [0.1, 0.15) is 50.2 Å². The molecule has 0 aliphatic carbocycles. The summed E-state index contributed by atoms with van der Waals surface area (Å²) in [5.41, 5.74) is 6.34. The number of ether oxygens (including phenoxy) is 4. The molecule has 0 bridgehead atoms. The summed E-state index contributed by atoms with van der Waals surface area (Å²) in [6.45, 7) is 5.35. The van der Waals surface area contributed by atoms with E-state index in [1.54, 1.807) is 42.7 Å². The molecule has 4 aromatic carbocycles. The Balaban J connectivity index is 0.938. The van der Waals surface area contributed by atoms with Crippen molar-refractivity contribution in [1.29, 1.82) is 0 Å². The first kappa shape index (κ1) is 40.1. The number of carbonyl (C=O) groups is 2. The molecular formula is C45H40Cl2N4O7S. The van der Waals surface area contributed by atoms with E-state index in [9.17, 15) is 14.7 Å². The number of nitrogens with one attached hydrogen (secondary N) is 1. The van der Waals surface area contributed by atoms with Crippen molar-refractivity contribution in [3.8, 4) is 28.7 Å². The predicted molar refractivity (Wildman–Crippen MR) is 225 cm³/mol. The van der Waals surface area contributed by atoms with Crippen LogP contribution in [0.5, 0.6) is 28.7 Å². The second kappa shape index (κ2) is 17.7. The van der Waals surface area contributed by atoms with Gasteiger partial charge in [-0.3, -0.25) is 14.7 Å². The highest BCUT2D eigenvalue weighted by Crippen LogP contribution is 2.41. The lowest BCUT2D eigenvalue weighted by Gasteiger charge is -2.37. The molecule has 302 valence electrons. The molecule has 2 aromatic heterocycles. The first-order chi connectivity index (χ1) is 28.6.